The fourth-order valence-electron chi connectivity index (χ4n) is 6.06. The Hall–Kier alpha value is -4.65. The van der Waals surface area contributed by atoms with Crippen molar-refractivity contribution in [3.8, 4) is 17.1 Å². The van der Waals surface area contributed by atoms with E-state index in [9.17, 15) is 33.5 Å². The lowest BCUT2D eigenvalue weighted by Crippen LogP contribution is -2.49. The summed E-state index contributed by atoms with van der Waals surface area (Å²) in [5, 5.41) is 5.94. The maximum Gasteiger partial charge on any atom is 0.363 e. The van der Waals surface area contributed by atoms with Crippen molar-refractivity contribution in [3.63, 3.8) is 0 Å². The summed E-state index contributed by atoms with van der Waals surface area (Å²) in [6, 6.07) is 13.2. The largest absolute Gasteiger partial charge is 0.494 e. The minimum Gasteiger partial charge on any atom is -0.494 e. The maximum atomic E-state index is 13.6. The molecule has 2 heterocycles. The van der Waals surface area contributed by atoms with E-state index in [1.807, 2.05) is 13.0 Å². The number of hydroxylamine groups is 2. The number of benzene rings is 2. The summed E-state index contributed by atoms with van der Waals surface area (Å²) < 4.78 is 23.0. The molecule has 0 saturated carbocycles. The molecule has 0 radical (unpaired) electrons. The van der Waals surface area contributed by atoms with Crippen molar-refractivity contribution in [1.82, 2.24) is 15.7 Å². The first-order chi connectivity index (χ1) is 24.5. The second kappa shape index (κ2) is 18.5. The topological polar surface area (TPSA) is 188 Å². The lowest BCUT2D eigenvalue weighted by atomic mass is 9.90. The van der Waals surface area contributed by atoms with Crippen LogP contribution in [-0.2, 0) is 19.0 Å². The second-order valence-corrected chi connectivity index (χ2v) is 13.9. The van der Waals surface area contributed by atoms with Gasteiger partial charge in [-0.15, -0.1) is 0 Å². The first-order valence-electron chi connectivity index (χ1n) is 17.3. The van der Waals surface area contributed by atoms with Crippen LogP contribution in [0.3, 0.4) is 0 Å². The number of ether oxygens (including phenoxy) is 1. The molecule has 1 aliphatic heterocycles. The standard InChI is InChI=1S/C36H47N4O10P/c1-4-7-8-14-30(31(5-2)40(24-41)50-36(44)25-12-11-13-27(19-25)39-17-9-10-18-39)34(42)37-23-38-35(43)33-16-15-32(49-33)26-20-28(48-6-3)22-29(21-26)51(45,46)47/h11-13,15-16,19-22,24,30-31H,4-10,14,17-18,23H2,1-3H3,(H,37,42)(H,38,43)(H2,45,46,47)/t30?,31-/m1/s1. The van der Waals surface area contributed by atoms with E-state index in [0.29, 0.717) is 36.8 Å². The van der Waals surface area contributed by atoms with Crippen LogP contribution in [0.1, 0.15) is 86.6 Å². The van der Waals surface area contributed by atoms with E-state index in [0.717, 1.165) is 49.5 Å². The number of rotatable bonds is 19. The molecule has 51 heavy (non-hydrogen) atoms. The third-order valence-electron chi connectivity index (χ3n) is 8.67. The molecule has 3 amide bonds. The molecule has 2 atom stereocenters. The first-order valence-corrected chi connectivity index (χ1v) is 18.9. The van der Waals surface area contributed by atoms with Crippen molar-refractivity contribution in [1.29, 1.82) is 0 Å². The number of furan rings is 1. The van der Waals surface area contributed by atoms with Gasteiger partial charge in [0, 0.05) is 24.3 Å². The predicted octanol–water partition coefficient (Wildman–Crippen LogP) is 4.76. The van der Waals surface area contributed by atoms with Crippen LogP contribution in [0.5, 0.6) is 5.75 Å². The zero-order chi connectivity index (χ0) is 37.0. The number of carbonyl (C=O) groups is 4. The number of hydrogen-bond acceptors (Lipinski definition) is 9. The molecule has 1 aromatic heterocycles. The molecule has 1 unspecified atom stereocenters. The molecule has 15 heteroatoms. The molecule has 14 nitrogen and oxygen atoms in total. The number of unbranched alkanes of at least 4 members (excludes halogenated alkanes) is 2. The van der Waals surface area contributed by atoms with Gasteiger partial charge < -0.3 is 39.3 Å². The fourth-order valence-corrected chi connectivity index (χ4v) is 6.67. The smallest absolute Gasteiger partial charge is 0.363 e. The van der Waals surface area contributed by atoms with Gasteiger partial charge in [0.15, 0.2) is 5.76 Å². The molecule has 1 fully saturated rings. The molecule has 1 aliphatic rings. The Kier molecular flexibility index (Phi) is 14.2. The van der Waals surface area contributed by atoms with Crippen LogP contribution in [-0.4, -0.2) is 71.5 Å². The van der Waals surface area contributed by atoms with Crippen molar-refractivity contribution >= 4 is 42.8 Å². The van der Waals surface area contributed by atoms with E-state index in [1.165, 1.54) is 30.3 Å². The highest BCUT2D eigenvalue weighted by atomic mass is 31.2. The third kappa shape index (κ3) is 10.7. The lowest BCUT2D eigenvalue weighted by Gasteiger charge is -2.32. The van der Waals surface area contributed by atoms with Gasteiger partial charge in [-0.25, -0.2) is 4.79 Å². The van der Waals surface area contributed by atoms with Crippen LogP contribution in [0, 0.1) is 5.92 Å². The van der Waals surface area contributed by atoms with Crippen LogP contribution in [0.15, 0.2) is 59.0 Å². The quantitative estimate of drug-likeness (QED) is 0.0439. The summed E-state index contributed by atoms with van der Waals surface area (Å²) in [5.41, 5.74) is 1.49. The van der Waals surface area contributed by atoms with E-state index in [1.54, 1.807) is 32.0 Å². The molecular weight excluding hydrogens is 679 g/mol. The van der Waals surface area contributed by atoms with Crippen molar-refractivity contribution in [2.45, 2.75) is 71.8 Å². The van der Waals surface area contributed by atoms with Crippen LogP contribution < -0.4 is 25.6 Å². The van der Waals surface area contributed by atoms with Gasteiger partial charge in [0.1, 0.15) is 11.5 Å². The molecular formula is C36H47N4O10P. The Labute approximate surface area is 297 Å². The monoisotopic (exact) mass is 726 g/mol. The van der Waals surface area contributed by atoms with Crippen molar-refractivity contribution < 1.29 is 47.5 Å². The first kappa shape index (κ1) is 39.1. The van der Waals surface area contributed by atoms with E-state index < -0.39 is 37.3 Å². The van der Waals surface area contributed by atoms with Crippen LogP contribution >= 0.6 is 7.60 Å². The number of anilines is 1. The molecule has 2 aromatic carbocycles. The number of nitrogens with one attached hydrogen (secondary N) is 2. The maximum absolute atomic E-state index is 13.6. The van der Waals surface area contributed by atoms with Gasteiger partial charge >= 0.3 is 13.6 Å². The molecule has 4 rings (SSSR count). The van der Waals surface area contributed by atoms with Gasteiger partial charge in [0.25, 0.3) is 5.91 Å². The average Bonchev–Trinajstić information content (AvgIpc) is 3.84. The normalized spacial score (nSPS) is 14.0. The number of nitrogens with zero attached hydrogens (tertiary/aromatic N) is 2. The fraction of sp³-hybridized carbons (Fsp3) is 0.444. The van der Waals surface area contributed by atoms with Crippen LogP contribution in [0.2, 0.25) is 0 Å². The molecule has 276 valence electrons. The number of amides is 3. The minimum absolute atomic E-state index is 0.0995. The highest BCUT2D eigenvalue weighted by Crippen LogP contribution is 2.37. The summed E-state index contributed by atoms with van der Waals surface area (Å²) in [6.45, 7) is 7.38. The zero-order valence-electron chi connectivity index (χ0n) is 29.2. The Bertz CT molecular complexity index is 1700. The summed E-state index contributed by atoms with van der Waals surface area (Å²) >= 11 is 0. The van der Waals surface area contributed by atoms with Crippen molar-refractivity contribution in [2.24, 2.45) is 5.92 Å². The Morgan fingerprint density at radius 2 is 1.78 bits per heavy atom. The van der Waals surface area contributed by atoms with Gasteiger partial charge in [-0.2, -0.15) is 5.06 Å². The Morgan fingerprint density at radius 3 is 2.45 bits per heavy atom. The Balaban J connectivity index is 1.41. The molecule has 4 N–H and O–H groups in total. The van der Waals surface area contributed by atoms with Crippen molar-refractivity contribution in [3.05, 3.63) is 65.9 Å². The molecule has 0 bridgehead atoms. The third-order valence-corrected chi connectivity index (χ3v) is 9.61. The molecule has 3 aromatic rings. The highest BCUT2D eigenvalue weighted by Gasteiger charge is 2.34. The number of carbonyl (C=O) groups excluding carboxylic acids is 4. The van der Waals surface area contributed by atoms with E-state index in [2.05, 4.69) is 15.5 Å². The summed E-state index contributed by atoms with van der Waals surface area (Å²) in [6.07, 6.45) is 5.76. The molecule has 0 aliphatic carbocycles. The van der Waals surface area contributed by atoms with Gasteiger partial charge in [-0.1, -0.05) is 39.2 Å². The number of hydrogen-bond donors (Lipinski definition) is 4. The molecule has 1 saturated heterocycles. The highest BCUT2D eigenvalue weighted by molar-refractivity contribution is 7.60. The zero-order valence-corrected chi connectivity index (χ0v) is 30.1. The van der Waals surface area contributed by atoms with E-state index >= 15 is 0 Å². The average molecular weight is 727 g/mol. The second-order valence-electron chi connectivity index (χ2n) is 12.2. The van der Waals surface area contributed by atoms with Gasteiger partial charge in [0.2, 0.25) is 12.3 Å². The predicted molar refractivity (Wildman–Crippen MR) is 190 cm³/mol. The molecule has 0 spiro atoms. The summed E-state index contributed by atoms with van der Waals surface area (Å²) in [4.78, 5) is 79.1. The van der Waals surface area contributed by atoms with E-state index in [-0.39, 0.29) is 35.9 Å². The van der Waals surface area contributed by atoms with Crippen LogP contribution in [0.25, 0.3) is 11.3 Å². The van der Waals surface area contributed by atoms with Gasteiger partial charge in [-0.3, -0.25) is 18.9 Å². The minimum atomic E-state index is -4.61. The van der Waals surface area contributed by atoms with E-state index in [4.69, 9.17) is 14.0 Å². The Morgan fingerprint density at radius 1 is 1.02 bits per heavy atom. The van der Waals surface area contributed by atoms with Gasteiger partial charge in [-0.05, 0) is 81.1 Å². The lowest BCUT2D eigenvalue weighted by molar-refractivity contribution is -0.171. The van der Waals surface area contributed by atoms with Crippen molar-refractivity contribution in [2.75, 3.05) is 31.3 Å². The van der Waals surface area contributed by atoms with Crippen LogP contribution in [0.4, 0.5) is 5.69 Å². The van der Waals surface area contributed by atoms with Gasteiger partial charge in [0.05, 0.1) is 36.1 Å². The SMILES string of the molecule is CCCCCC(C(=O)NCNC(=O)c1ccc(-c2cc(OCC)cc(P(=O)(O)O)c2)o1)[C@@H](CC)N(C=O)OC(=O)c1cccc(N2CCCC2)c1. The summed E-state index contributed by atoms with van der Waals surface area (Å²) in [7, 11) is -4.61. The summed E-state index contributed by atoms with van der Waals surface area (Å²) in [5.74, 6) is -2.23.